The number of aromatic nitrogens is 2. The van der Waals surface area contributed by atoms with Crippen molar-refractivity contribution in [1.82, 2.24) is 9.97 Å². The SMILES string of the molecule is NC1CCCC(Oc2nc[nH]c(=O)c2Br)C1. The Hall–Kier alpha value is -0.880. The smallest absolute Gasteiger partial charge is 0.268 e. The van der Waals surface area contributed by atoms with E-state index in [0.29, 0.717) is 10.4 Å². The van der Waals surface area contributed by atoms with Gasteiger partial charge in [-0.15, -0.1) is 0 Å². The minimum absolute atomic E-state index is 0.0642. The summed E-state index contributed by atoms with van der Waals surface area (Å²) < 4.78 is 6.02. The molecule has 16 heavy (non-hydrogen) atoms. The van der Waals surface area contributed by atoms with Crippen LogP contribution < -0.4 is 16.0 Å². The van der Waals surface area contributed by atoms with E-state index in [9.17, 15) is 4.79 Å². The van der Waals surface area contributed by atoms with E-state index >= 15 is 0 Å². The van der Waals surface area contributed by atoms with Crippen LogP contribution in [0.1, 0.15) is 25.7 Å². The first-order valence-corrected chi connectivity index (χ1v) is 6.11. The predicted octanol–water partition coefficient (Wildman–Crippen LogP) is 1.18. The summed E-state index contributed by atoms with van der Waals surface area (Å²) in [5.74, 6) is 0.350. The Morgan fingerprint density at radius 3 is 3.12 bits per heavy atom. The summed E-state index contributed by atoms with van der Waals surface area (Å²) in [4.78, 5) is 17.8. The van der Waals surface area contributed by atoms with Gasteiger partial charge in [-0.2, -0.15) is 0 Å². The molecule has 0 amide bonds. The van der Waals surface area contributed by atoms with Gasteiger partial charge >= 0.3 is 0 Å². The topological polar surface area (TPSA) is 81.0 Å². The van der Waals surface area contributed by atoms with Crippen molar-refractivity contribution in [3.8, 4) is 5.88 Å². The largest absolute Gasteiger partial charge is 0.473 e. The van der Waals surface area contributed by atoms with E-state index in [1.54, 1.807) is 0 Å². The van der Waals surface area contributed by atoms with Crippen molar-refractivity contribution in [3.63, 3.8) is 0 Å². The molecular formula is C10H14BrN3O2. The Kier molecular flexibility index (Phi) is 3.60. The molecule has 3 N–H and O–H groups in total. The van der Waals surface area contributed by atoms with Crippen molar-refractivity contribution in [2.75, 3.05) is 0 Å². The summed E-state index contributed by atoms with van der Waals surface area (Å²) in [6, 6.07) is 0.194. The van der Waals surface area contributed by atoms with Gasteiger partial charge in [0.2, 0.25) is 5.88 Å². The highest BCUT2D eigenvalue weighted by Crippen LogP contribution is 2.24. The first-order chi connectivity index (χ1) is 7.66. The van der Waals surface area contributed by atoms with E-state index in [0.717, 1.165) is 25.7 Å². The van der Waals surface area contributed by atoms with Crippen molar-refractivity contribution < 1.29 is 4.74 Å². The van der Waals surface area contributed by atoms with Crippen LogP contribution in [0.3, 0.4) is 0 Å². The van der Waals surface area contributed by atoms with Gasteiger partial charge in [-0.3, -0.25) is 4.79 Å². The van der Waals surface area contributed by atoms with Gasteiger partial charge in [0.25, 0.3) is 5.56 Å². The molecule has 2 unspecified atom stereocenters. The van der Waals surface area contributed by atoms with Gasteiger partial charge in [0.05, 0.1) is 6.33 Å². The summed E-state index contributed by atoms with van der Waals surface area (Å²) in [5, 5.41) is 0. The van der Waals surface area contributed by atoms with Crippen LogP contribution in [0.25, 0.3) is 0 Å². The van der Waals surface area contributed by atoms with Crippen LogP contribution in [0, 0.1) is 0 Å². The van der Waals surface area contributed by atoms with Crippen LogP contribution in [0.4, 0.5) is 0 Å². The Balaban J connectivity index is 2.08. The lowest BCUT2D eigenvalue weighted by molar-refractivity contribution is 0.137. The minimum Gasteiger partial charge on any atom is -0.473 e. The zero-order chi connectivity index (χ0) is 11.5. The Morgan fingerprint density at radius 1 is 1.56 bits per heavy atom. The molecule has 0 bridgehead atoms. The molecule has 0 radical (unpaired) electrons. The van der Waals surface area contributed by atoms with Crippen LogP contribution in [-0.2, 0) is 0 Å². The standard InChI is InChI=1S/C10H14BrN3O2/c11-8-9(15)13-5-14-10(8)16-7-3-1-2-6(12)4-7/h5-7H,1-4,12H2,(H,13,14,15). The van der Waals surface area contributed by atoms with E-state index < -0.39 is 0 Å². The molecule has 1 fully saturated rings. The monoisotopic (exact) mass is 287 g/mol. The third-order valence-electron chi connectivity index (χ3n) is 2.71. The molecule has 0 aromatic carbocycles. The van der Waals surface area contributed by atoms with E-state index in [1.165, 1.54) is 6.33 Å². The lowest BCUT2D eigenvalue weighted by Gasteiger charge is -2.26. The normalized spacial score (nSPS) is 25.4. The zero-order valence-electron chi connectivity index (χ0n) is 8.78. The number of ether oxygens (including phenoxy) is 1. The highest BCUT2D eigenvalue weighted by atomic mass is 79.9. The third-order valence-corrected chi connectivity index (χ3v) is 3.41. The lowest BCUT2D eigenvalue weighted by atomic mass is 9.94. The van der Waals surface area contributed by atoms with Gasteiger partial charge in [0.1, 0.15) is 10.6 Å². The second-order valence-electron chi connectivity index (χ2n) is 4.02. The number of halogens is 1. The number of rotatable bonds is 2. The highest BCUT2D eigenvalue weighted by Gasteiger charge is 2.22. The number of hydrogen-bond acceptors (Lipinski definition) is 4. The minimum atomic E-state index is -0.231. The maximum Gasteiger partial charge on any atom is 0.268 e. The maximum absolute atomic E-state index is 11.3. The van der Waals surface area contributed by atoms with Crippen molar-refractivity contribution in [3.05, 3.63) is 21.2 Å². The molecule has 0 saturated heterocycles. The van der Waals surface area contributed by atoms with E-state index in [-0.39, 0.29) is 17.7 Å². The van der Waals surface area contributed by atoms with Crippen molar-refractivity contribution in [2.24, 2.45) is 5.73 Å². The number of nitrogens with one attached hydrogen (secondary N) is 1. The number of H-pyrrole nitrogens is 1. The van der Waals surface area contributed by atoms with Gasteiger partial charge in [0, 0.05) is 6.04 Å². The second kappa shape index (κ2) is 4.97. The number of nitrogens with two attached hydrogens (primary N) is 1. The van der Waals surface area contributed by atoms with Crippen LogP contribution in [-0.4, -0.2) is 22.1 Å². The van der Waals surface area contributed by atoms with Crippen LogP contribution >= 0.6 is 15.9 Å². The van der Waals surface area contributed by atoms with Gasteiger partial charge in [-0.25, -0.2) is 4.98 Å². The van der Waals surface area contributed by atoms with Gasteiger partial charge in [0.15, 0.2) is 0 Å². The summed E-state index contributed by atoms with van der Waals surface area (Å²) in [7, 11) is 0. The fourth-order valence-corrected chi connectivity index (χ4v) is 2.21. The Labute approximate surface area is 102 Å². The predicted molar refractivity (Wildman–Crippen MR) is 63.4 cm³/mol. The molecule has 1 aromatic rings. The fourth-order valence-electron chi connectivity index (χ4n) is 1.89. The van der Waals surface area contributed by atoms with Crippen LogP contribution in [0.15, 0.2) is 15.6 Å². The van der Waals surface area contributed by atoms with Crippen molar-refractivity contribution in [1.29, 1.82) is 0 Å². The molecule has 1 aliphatic rings. The maximum atomic E-state index is 11.3. The molecule has 1 aliphatic carbocycles. The highest BCUT2D eigenvalue weighted by molar-refractivity contribution is 9.10. The third kappa shape index (κ3) is 2.62. The molecular weight excluding hydrogens is 274 g/mol. The molecule has 0 spiro atoms. The first-order valence-electron chi connectivity index (χ1n) is 5.32. The average molecular weight is 288 g/mol. The fraction of sp³-hybridized carbons (Fsp3) is 0.600. The lowest BCUT2D eigenvalue weighted by Crippen LogP contribution is -2.34. The quantitative estimate of drug-likeness (QED) is 0.856. The first kappa shape index (κ1) is 11.6. The Morgan fingerprint density at radius 2 is 2.38 bits per heavy atom. The zero-order valence-corrected chi connectivity index (χ0v) is 10.4. The Bertz CT molecular complexity index is 421. The molecule has 1 aromatic heterocycles. The molecule has 1 heterocycles. The van der Waals surface area contributed by atoms with Gasteiger partial charge in [-0.05, 0) is 41.6 Å². The molecule has 2 rings (SSSR count). The number of hydrogen-bond donors (Lipinski definition) is 2. The summed E-state index contributed by atoms with van der Waals surface area (Å²) in [6.07, 6.45) is 5.30. The molecule has 2 atom stereocenters. The van der Waals surface area contributed by atoms with Crippen LogP contribution in [0.5, 0.6) is 5.88 Å². The molecule has 5 nitrogen and oxygen atoms in total. The second-order valence-corrected chi connectivity index (χ2v) is 4.81. The summed E-state index contributed by atoms with van der Waals surface area (Å²) in [5.41, 5.74) is 5.64. The van der Waals surface area contributed by atoms with Gasteiger partial charge < -0.3 is 15.5 Å². The van der Waals surface area contributed by atoms with Crippen LogP contribution in [0.2, 0.25) is 0 Å². The summed E-state index contributed by atoms with van der Waals surface area (Å²) >= 11 is 3.16. The molecule has 0 aliphatic heterocycles. The summed E-state index contributed by atoms with van der Waals surface area (Å²) in [6.45, 7) is 0. The van der Waals surface area contributed by atoms with Crippen molar-refractivity contribution in [2.45, 2.75) is 37.8 Å². The van der Waals surface area contributed by atoms with E-state index in [2.05, 4.69) is 25.9 Å². The molecule has 1 saturated carbocycles. The average Bonchev–Trinajstić information content (AvgIpc) is 2.25. The van der Waals surface area contributed by atoms with E-state index in [4.69, 9.17) is 10.5 Å². The number of aromatic amines is 1. The number of nitrogens with zero attached hydrogens (tertiary/aromatic N) is 1. The molecule has 6 heteroatoms. The van der Waals surface area contributed by atoms with Gasteiger partial charge in [-0.1, -0.05) is 0 Å². The van der Waals surface area contributed by atoms with E-state index in [1.807, 2.05) is 0 Å². The van der Waals surface area contributed by atoms with Crippen molar-refractivity contribution >= 4 is 15.9 Å². The molecule has 88 valence electrons.